The van der Waals surface area contributed by atoms with Gasteiger partial charge in [-0.1, -0.05) is 19.3 Å². The molecule has 0 amide bonds. The van der Waals surface area contributed by atoms with Crippen LogP contribution in [0.1, 0.15) is 72.6 Å². The van der Waals surface area contributed by atoms with Crippen LogP contribution in [0.15, 0.2) is 0 Å². The Kier molecular flexibility index (Phi) is 4.11. The van der Waals surface area contributed by atoms with Crippen molar-refractivity contribution >= 4 is 0 Å². The van der Waals surface area contributed by atoms with E-state index in [1.165, 1.54) is 32.1 Å². The van der Waals surface area contributed by atoms with Gasteiger partial charge in [-0.3, -0.25) is 0 Å². The molecule has 1 aliphatic heterocycles. The molecule has 0 spiro atoms. The van der Waals surface area contributed by atoms with Crippen molar-refractivity contribution in [3.8, 4) is 6.19 Å². The van der Waals surface area contributed by atoms with Gasteiger partial charge in [0.15, 0.2) is 6.19 Å². The summed E-state index contributed by atoms with van der Waals surface area (Å²) in [6.45, 7) is 9.04. The highest BCUT2D eigenvalue weighted by molar-refractivity contribution is 5.03. The predicted octanol–water partition coefficient (Wildman–Crippen LogP) is 3.41. The highest BCUT2D eigenvalue weighted by Crippen LogP contribution is 2.34. The molecule has 0 bridgehead atoms. The Morgan fingerprint density at radius 3 is 1.95 bits per heavy atom. The molecule has 1 N–H and O–H groups in total. The molecule has 3 nitrogen and oxygen atoms in total. The average Bonchev–Trinajstić information content (AvgIpc) is 2.27. The summed E-state index contributed by atoms with van der Waals surface area (Å²) in [6.07, 6.45) is 11.0. The molecule has 3 heteroatoms. The van der Waals surface area contributed by atoms with E-state index in [1.807, 2.05) is 0 Å². The maximum Gasteiger partial charge on any atom is 0.179 e. The zero-order chi connectivity index (χ0) is 14.1. The molecule has 0 aromatic rings. The fourth-order valence-electron chi connectivity index (χ4n) is 4.29. The lowest BCUT2D eigenvalue weighted by Gasteiger charge is -2.50. The van der Waals surface area contributed by atoms with Gasteiger partial charge in [0.25, 0.3) is 0 Å². The summed E-state index contributed by atoms with van der Waals surface area (Å²) in [5.41, 5.74) is 0.242. The number of nitrogens with zero attached hydrogens (tertiary/aromatic N) is 2. The van der Waals surface area contributed by atoms with Crippen LogP contribution in [0.2, 0.25) is 0 Å². The minimum Gasteiger partial charge on any atom is -0.307 e. The lowest BCUT2D eigenvalue weighted by molar-refractivity contribution is 0.0656. The molecular formula is C16H29N3. The second-order valence-electron chi connectivity index (χ2n) is 7.75. The summed E-state index contributed by atoms with van der Waals surface area (Å²) >= 11 is 0. The van der Waals surface area contributed by atoms with E-state index in [4.69, 9.17) is 0 Å². The lowest BCUT2D eigenvalue weighted by atomic mass is 9.78. The molecule has 2 aliphatic rings. The molecule has 0 unspecified atom stereocenters. The van der Waals surface area contributed by atoms with Crippen LogP contribution < -0.4 is 5.32 Å². The first kappa shape index (κ1) is 14.7. The van der Waals surface area contributed by atoms with Crippen LogP contribution in [0.3, 0.4) is 0 Å². The van der Waals surface area contributed by atoms with Crippen molar-refractivity contribution in [2.75, 3.05) is 0 Å². The SMILES string of the molecule is CC1(C)CC(N(C#N)C2CCCCC2)CC(C)(C)N1. The third-order valence-corrected chi connectivity index (χ3v) is 4.65. The van der Waals surface area contributed by atoms with E-state index >= 15 is 0 Å². The van der Waals surface area contributed by atoms with Crippen LogP contribution in [-0.4, -0.2) is 28.1 Å². The zero-order valence-electron chi connectivity index (χ0n) is 13.0. The third-order valence-electron chi connectivity index (χ3n) is 4.65. The Morgan fingerprint density at radius 2 is 1.47 bits per heavy atom. The van der Waals surface area contributed by atoms with Crippen LogP contribution in [0.25, 0.3) is 0 Å². The molecule has 1 saturated heterocycles. The standard InChI is InChI=1S/C16H29N3/c1-15(2)10-14(11-16(3,4)18-15)19(12-17)13-8-6-5-7-9-13/h13-14,18H,5-11H2,1-4H3. The van der Waals surface area contributed by atoms with E-state index < -0.39 is 0 Å². The Labute approximate surface area is 118 Å². The van der Waals surface area contributed by atoms with E-state index in [0.717, 1.165) is 12.8 Å². The summed E-state index contributed by atoms with van der Waals surface area (Å²) in [7, 11) is 0. The third kappa shape index (κ3) is 3.63. The summed E-state index contributed by atoms with van der Waals surface area (Å²) in [5.74, 6) is 0. The molecule has 2 rings (SSSR count). The van der Waals surface area contributed by atoms with E-state index in [-0.39, 0.29) is 11.1 Å². The Hall–Kier alpha value is -0.750. The molecule has 1 heterocycles. The number of nitrogens with one attached hydrogen (secondary N) is 1. The normalized spacial score (nSPS) is 27.7. The van der Waals surface area contributed by atoms with Crippen LogP contribution in [-0.2, 0) is 0 Å². The van der Waals surface area contributed by atoms with Gasteiger partial charge < -0.3 is 10.2 Å². The van der Waals surface area contributed by atoms with Crippen molar-refractivity contribution in [3.63, 3.8) is 0 Å². The number of nitriles is 1. The summed E-state index contributed by atoms with van der Waals surface area (Å²) < 4.78 is 0. The van der Waals surface area contributed by atoms with Crippen molar-refractivity contribution < 1.29 is 0 Å². The van der Waals surface area contributed by atoms with Crippen LogP contribution in [0.5, 0.6) is 0 Å². The van der Waals surface area contributed by atoms with E-state index in [9.17, 15) is 5.26 Å². The fraction of sp³-hybridized carbons (Fsp3) is 0.938. The maximum atomic E-state index is 9.63. The molecule has 0 atom stereocenters. The number of hydrogen-bond donors (Lipinski definition) is 1. The fourth-order valence-corrected chi connectivity index (χ4v) is 4.29. The van der Waals surface area contributed by atoms with Gasteiger partial charge in [-0.25, -0.2) is 0 Å². The Balaban J connectivity index is 2.11. The minimum absolute atomic E-state index is 0.121. The molecule has 108 valence electrons. The summed E-state index contributed by atoms with van der Waals surface area (Å²) in [6, 6.07) is 0.896. The van der Waals surface area contributed by atoms with Crippen molar-refractivity contribution in [3.05, 3.63) is 0 Å². The zero-order valence-corrected chi connectivity index (χ0v) is 13.0. The maximum absolute atomic E-state index is 9.63. The van der Waals surface area contributed by atoms with Gasteiger partial charge in [-0.05, 0) is 53.4 Å². The molecule has 0 aromatic heterocycles. The molecule has 2 fully saturated rings. The molecule has 0 radical (unpaired) electrons. The van der Waals surface area contributed by atoms with E-state index in [2.05, 4.69) is 44.1 Å². The van der Waals surface area contributed by atoms with E-state index in [1.54, 1.807) is 0 Å². The van der Waals surface area contributed by atoms with Gasteiger partial charge in [-0.15, -0.1) is 0 Å². The number of hydrogen-bond acceptors (Lipinski definition) is 3. The van der Waals surface area contributed by atoms with Crippen LogP contribution >= 0.6 is 0 Å². The van der Waals surface area contributed by atoms with Gasteiger partial charge >= 0.3 is 0 Å². The molecule has 1 aliphatic carbocycles. The summed E-state index contributed by atoms with van der Waals surface area (Å²) in [4.78, 5) is 2.14. The second-order valence-corrected chi connectivity index (χ2v) is 7.75. The average molecular weight is 263 g/mol. The minimum atomic E-state index is 0.121. The smallest absolute Gasteiger partial charge is 0.179 e. The first-order valence-corrected chi connectivity index (χ1v) is 7.80. The predicted molar refractivity (Wildman–Crippen MR) is 78.6 cm³/mol. The Morgan fingerprint density at radius 1 is 0.947 bits per heavy atom. The van der Waals surface area contributed by atoms with Crippen LogP contribution in [0.4, 0.5) is 0 Å². The van der Waals surface area contributed by atoms with Gasteiger partial charge in [0, 0.05) is 23.2 Å². The lowest BCUT2D eigenvalue weighted by Crippen LogP contribution is -2.62. The van der Waals surface area contributed by atoms with Gasteiger partial charge in [0.05, 0.1) is 0 Å². The van der Waals surface area contributed by atoms with Gasteiger partial charge in [0.2, 0.25) is 0 Å². The Bertz CT molecular complexity index is 331. The topological polar surface area (TPSA) is 39.1 Å². The number of rotatable bonds is 2. The highest BCUT2D eigenvalue weighted by Gasteiger charge is 2.41. The highest BCUT2D eigenvalue weighted by atomic mass is 15.2. The van der Waals surface area contributed by atoms with Crippen molar-refractivity contribution in [2.24, 2.45) is 0 Å². The van der Waals surface area contributed by atoms with Crippen LogP contribution in [0, 0.1) is 11.5 Å². The van der Waals surface area contributed by atoms with Gasteiger partial charge in [0.1, 0.15) is 0 Å². The van der Waals surface area contributed by atoms with Crippen molar-refractivity contribution in [1.29, 1.82) is 5.26 Å². The summed E-state index contributed by atoms with van der Waals surface area (Å²) in [5, 5.41) is 13.3. The second kappa shape index (κ2) is 5.32. The quantitative estimate of drug-likeness (QED) is 0.613. The molecule has 19 heavy (non-hydrogen) atoms. The molecular weight excluding hydrogens is 234 g/mol. The van der Waals surface area contributed by atoms with Crippen molar-refractivity contribution in [2.45, 2.75) is 95.8 Å². The van der Waals surface area contributed by atoms with Gasteiger partial charge in [-0.2, -0.15) is 5.26 Å². The molecule has 0 aromatic carbocycles. The first-order valence-electron chi connectivity index (χ1n) is 7.80. The van der Waals surface area contributed by atoms with Crippen molar-refractivity contribution in [1.82, 2.24) is 10.2 Å². The number of piperidine rings is 1. The first-order chi connectivity index (χ1) is 8.83. The molecule has 1 saturated carbocycles. The van der Waals surface area contributed by atoms with E-state index in [0.29, 0.717) is 12.1 Å². The monoisotopic (exact) mass is 263 g/mol. The largest absolute Gasteiger partial charge is 0.307 e.